The molecule has 4 rings (SSSR count). The van der Waals surface area contributed by atoms with Crippen LogP contribution in [0.15, 0.2) is 36.4 Å². The highest BCUT2D eigenvalue weighted by Gasteiger charge is 2.17. The number of fused-ring (bicyclic) bond motifs is 2. The minimum absolute atomic E-state index is 0.0785. The lowest BCUT2D eigenvalue weighted by molar-refractivity contribution is 0.0916. The number of hydrogen-bond donors (Lipinski definition) is 2. The zero-order valence-corrected chi connectivity index (χ0v) is 15.7. The number of aromatic nitrogens is 2. The topological polar surface area (TPSA) is 93.6 Å². The summed E-state index contributed by atoms with van der Waals surface area (Å²) >= 11 is 0. The second kappa shape index (κ2) is 7.44. The minimum atomic E-state index is -0.857. The fourth-order valence-corrected chi connectivity index (χ4v) is 3.05. The predicted octanol–water partition coefficient (Wildman–Crippen LogP) is 2.48. The second-order valence-corrected chi connectivity index (χ2v) is 6.73. The number of nitrogens with one attached hydrogen (secondary N) is 1. The summed E-state index contributed by atoms with van der Waals surface area (Å²) in [6.07, 6.45) is -0.857. The lowest BCUT2D eigenvalue weighted by Crippen LogP contribution is -2.28. The van der Waals surface area contributed by atoms with Crippen LogP contribution in [0, 0.1) is 13.8 Å². The summed E-state index contributed by atoms with van der Waals surface area (Å²) in [5, 5.41) is 13.2. The molecule has 28 heavy (non-hydrogen) atoms. The summed E-state index contributed by atoms with van der Waals surface area (Å²) in [5.41, 5.74) is 4.24. The molecule has 1 unspecified atom stereocenters. The summed E-state index contributed by atoms with van der Waals surface area (Å²) in [6.45, 7) is 4.86. The van der Waals surface area contributed by atoms with E-state index in [1.807, 2.05) is 13.8 Å². The number of carbonyl (C=O) groups excluding carboxylic acids is 1. The first-order valence-corrected chi connectivity index (χ1v) is 9.12. The van der Waals surface area contributed by atoms with E-state index >= 15 is 0 Å². The lowest BCUT2D eigenvalue weighted by atomic mass is 10.1. The molecule has 0 bridgehead atoms. The van der Waals surface area contributed by atoms with Crippen molar-refractivity contribution in [3.05, 3.63) is 58.9 Å². The van der Waals surface area contributed by atoms with Gasteiger partial charge in [-0.05, 0) is 49.7 Å². The van der Waals surface area contributed by atoms with Crippen molar-refractivity contribution in [3.8, 4) is 11.5 Å². The Bertz CT molecular complexity index is 1050. The predicted molar refractivity (Wildman–Crippen MR) is 104 cm³/mol. The molecule has 7 nitrogen and oxygen atoms in total. The third-order valence-electron chi connectivity index (χ3n) is 4.74. The number of carbonyl (C=O) groups is 1. The molecular weight excluding hydrogens is 358 g/mol. The summed E-state index contributed by atoms with van der Waals surface area (Å²) in [7, 11) is 0. The number of benzene rings is 2. The number of ether oxygens (including phenoxy) is 2. The van der Waals surface area contributed by atoms with E-state index in [2.05, 4.69) is 15.3 Å². The van der Waals surface area contributed by atoms with Crippen LogP contribution in [0.2, 0.25) is 0 Å². The Balaban J connectivity index is 1.45. The van der Waals surface area contributed by atoms with E-state index < -0.39 is 6.10 Å². The van der Waals surface area contributed by atoms with Crippen LogP contribution in [0.1, 0.15) is 33.4 Å². The van der Waals surface area contributed by atoms with Crippen LogP contribution in [0.4, 0.5) is 0 Å². The van der Waals surface area contributed by atoms with Gasteiger partial charge in [-0.1, -0.05) is 6.07 Å². The van der Waals surface area contributed by atoms with E-state index in [9.17, 15) is 9.90 Å². The molecule has 1 atom stereocenters. The molecule has 0 spiro atoms. The van der Waals surface area contributed by atoms with Gasteiger partial charge in [0.05, 0.1) is 28.5 Å². The molecule has 2 aromatic carbocycles. The first-order chi connectivity index (χ1) is 13.5. The Morgan fingerprint density at radius 3 is 2.54 bits per heavy atom. The number of nitrogens with zero attached hydrogens (tertiary/aromatic N) is 2. The van der Waals surface area contributed by atoms with Crippen molar-refractivity contribution >= 4 is 16.9 Å². The Hall–Kier alpha value is -3.19. The number of aryl methyl sites for hydroxylation is 2. The van der Waals surface area contributed by atoms with Gasteiger partial charge in [-0.3, -0.25) is 4.79 Å². The van der Waals surface area contributed by atoms with Crippen LogP contribution in [0.3, 0.4) is 0 Å². The fourth-order valence-electron chi connectivity index (χ4n) is 3.05. The number of aliphatic hydroxyl groups is 1. The molecule has 0 saturated heterocycles. The van der Waals surface area contributed by atoms with Crippen molar-refractivity contribution < 1.29 is 19.4 Å². The molecule has 3 aromatic rings. The molecule has 1 aliphatic heterocycles. The van der Waals surface area contributed by atoms with Crippen molar-refractivity contribution in [2.24, 2.45) is 0 Å². The van der Waals surface area contributed by atoms with Crippen molar-refractivity contribution in [3.63, 3.8) is 0 Å². The molecule has 1 aromatic heterocycles. The standard InChI is InChI=1S/C21H21N3O4/c1-12-13(2)24-17-9-15(3-5-16(17)23-12)21(26)22-11-18(25)14-4-6-19-20(10-14)28-8-7-27-19/h3-6,9-10,18,25H,7-8,11H2,1-2H3,(H,22,26). The average Bonchev–Trinajstić information content (AvgIpc) is 2.72. The van der Waals surface area contributed by atoms with E-state index in [-0.39, 0.29) is 12.5 Å². The molecular formula is C21H21N3O4. The van der Waals surface area contributed by atoms with E-state index in [4.69, 9.17) is 9.47 Å². The average molecular weight is 379 g/mol. The lowest BCUT2D eigenvalue weighted by Gasteiger charge is -2.20. The quantitative estimate of drug-likeness (QED) is 0.723. The maximum atomic E-state index is 12.5. The Morgan fingerprint density at radius 1 is 1.04 bits per heavy atom. The Morgan fingerprint density at radius 2 is 1.75 bits per heavy atom. The number of amides is 1. The summed E-state index contributed by atoms with van der Waals surface area (Å²) in [6, 6.07) is 10.5. The number of rotatable bonds is 4. The highest BCUT2D eigenvalue weighted by molar-refractivity contribution is 5.97. The Labute approximate surface area is 162 Å². The first-order valence-electron chi connectivity index (χ1n) is 9.12. The van der Waals surface area contributed by atoms with Gasteiger partial charge in [0.2, 0.25) is 0 Å². The van der Waals surface area contributed by atoms with Crippen LogP contribution in [0.5, 0.6) is 11.5 Å². The Kier molecular flexibility index (Phi) is 4.83. The van der Waals surface area contributed by atoms with Gasteiger partial charge in [-0.2, -0.15) is 0 Å². The molecule has 0 aliphatic carbocycles. The molecule has 1 aliphatic rings. The highest BCUT2D eigenvalue weighted by atomic mass is 16.6. The maximum absolute atomic E-state index is 12.5. The number of aliphatic hydroxyl groups excluding tert-OH is 1. The van der Waals surface area contributed by atoms with Crippen LogP contribution < -0.4 is 14.8 Å². The maximum Gasteiger partial charge on any atom is 0.251 e. The third-order valence-corrected chi connectivity index (χ3v) is 4.74. The van der Waals surface area contributed by atoms with Gasteiger partial charge in [0.15, 0.2) is 11.5 Å². The van der Waals surface area contributed by atoms with Crippen molar-refractivity contribution in [1.29, 1.82) is 0 Å². The van der Waals surface area contributed by atoms with Crippen molar-refractivity contribution in [1.82, 2.24) is 15.3 Å². The summed E-state index contributed by atoms with van der Waals surface area (Å²) in [4.78, 5) is 21.4. The van der Waals surface area contributed by atoms with Crippen LogP contribution in [-0.4, -0.2) is 40.7 Å². The molecule has 0 radical (unpaired) electrons. The monoisotopic (exact) mass is 379 g/mol. The van der Waals surface area contributed by atoms with Gasteiger partial charge in [-0.25, -0.2) is 9.97 Å². The molecule has 2 heterocycles. The largest absolute Gasteiger partial charge is 0.486 e. The fraction of sp³-hybridized carbons (Fsp3) is 0.286. The summed E-state index contributed by atoms with van der Waals surface area (Å²) < 4.78 is 11.0. The van der Waals surface area contributed by atoms with Crippen molar-refractivity contribution in [2.75, 3.05) is 19.8 Å². The first kappa shape index (κ1) is 18.2. The third kappa shape index (κ3) is 3.61. The van der Waals surface area contributed by atoms with Gasteiger partial charge in [-0.15, -0.1) is 0 Å². The van der Waals surface area contributed by atoms with Gasteiger partial charge >= 0.3 is 0 Å². The van der Waals surface area contributed by atoms with Gasteiger partial charge in [0.1, 0.15) is 13.2 Å². The van der Waals surface area contributed by atoms with E-state index in [1.165, 1.54) is 0 Å². The van der Waals surface area contributed by atoms with Gasteiger partial charge < -0.3 is 19.9 Å². The second-order valence-electron chi connectivity index (χ2n) is 6.73. The highest BCUT2D eigenvalue weighted by Crippen LogP contribution is 2.32. The molecule has 0 fully saturated rings. The number of hydrogen-bond acceptors (Lipinski definition) is 6. The molecule has 144 valence electrons. The van der Waals surface area contributed by atoms with Crippen LogP contribution >= 0.6 is 0 Å². The summed E-state index contributed by atoms with van der Waals surface area (Å²) in [5.74, 6) is 0.987. The van der Waals surface area contributed by atoms with E-state index in [1.54, 1.807) is 36.4 Å². The minimum Gasteiger partial charge on any atom is -0.486 e. The van der Waals surface area contributed by atoms with E-state index in [0.717, 1.165) is 16.9 Å². The SMILES string of the molecule is Cc1nc2ccc(C(=O)NCC(O)c3ccc4c(c3)OCCO4)cc2nc1C. The van der Waals surface area contributed by atoms with Crippen LogP contribution in [0.25, 0.3) is 11.0 Å². The van der Waals surface area contributed by atoms with Gasteiger partial charge in [0.25, 0.3) is 5.91 Å². The van der Waals surface area contributed by atoms with Crippen LogP contribution in [-0.2, 0) is 0 Å². The molecule has 7 heteroatoms. The molecule has 0 saturated carbocycles. The zero-order valence-electron chi connectivity index (χ0n) is 15.7. The van der Waals surface area contributed by atoms with Gasteiger partial charge in [0, 0.05) is 12.1 Å². The van der Waals surface area contributed by atoms with E-state index in [0.29, 0.717) is 41.4 Å². The molecule has 1 amide bonds. The smallest absolute Gasteiger partial charge is 0.251 e. The normalized spacial score (nSPS) is 14.0. The molecule has 2 N–H and O–H groups in total. The zero-order chi connectivity index (χ0) is 19.7. The van der Waals surface area contributed by atoms with Crippen molar-refractivity contribution in [2.45, 2.75) is 20.0 Å².